The van der Waals surface area contributed by atoms with Crippen LogP contribution in [0.3, 0.4) is 0 Å². The van der Waals surface area contributed by atoms with E-state index in [0.29, 0.717) is 5.82 Å². The van der Waals surface area contributed by atoms with Crippen molar-refractivity contribution >= 4 is 29.3 Å². The second kappa shape index (κ2) is 6.09. The number of likely N-dealkylation sites (tertiary alicyclic amines) is 1. The van der Waals surface area contributed by atoms with Gasteiger partial charge >= 0.3 is 5.97 Å². The summed E-state index contributed by atoms with van der Waals surface area (Å²) >= 11 is 5.75. The number of rotatable bonds is 4. The molecular formula is C13H16ClN3O3. The fraction of sp³-hybridized carbons (Fsp3) is 0.462. The van der Waals surface area contributed by atoms with Crippen LogP contribution >= 0.6 is 11.6 Å². The summed E-state index contributed by atoms with van der Waals surface area (Å²) in [5.74, 6) is -0.875. The van der Waals surface area contributed by atoms with Gasteiger partial charge < -0.3 is 15.3 Å². The first-order valence-corrected chi connectivity index (χ1v) is 6.82. The van der Waals surface area contributed by atoms with Crippen molar-refractivity contribution in [1.82, 2.24) is 9.88 Å². The summed E-state index contributed by atoms with van der Waals surface area (Å²) in [5, 5.41) is 11.9. The Morgan fingerprint density at radius 3 is 2.65 bits per heavy atom. The molecule has 108 valence electrons. The van der Waals surface area contributed by atoms with Crippen molar-refractivity contribution < 1.29 is 14.7 Å². The molecule has 1 aliphatic rings. The van der Waals surface area contributed by atoms with Crippen LogP contribution in [0, 0.1) is 0 Å². The average Bonchev–Trinajstić information content (AvgIpc) is 2.93. The normalized spacial score (nSPS) is 16.0. The molecule has 2 N–H and O–H groups in total. The number of hydrogen-bond acceptors (Lipinski definition) is 4. The van der Waals surface area contributed by atoms with Gasteiger partial charge in [0, 0.05) is 13.1 Å². The van der Waals surface area contributed by atoms with Gasteiger partial charge in [0.2, 0.25) is 5.91 Å². The van der Waals surface area contributed by atoms with Crippen LogP contribution in [0.4, 0.5) is 5.82 Å². The highest BCUT2D eigenvalue weighted by Gasteiger charge is 2.23. The highest BCUT2D eigenvalue weighted by molar-refractivity contribution is 6.33. The first kappa shape index (κ1) is 14.6. The number of anilines is 1. The standard InChI is InChI=1S/C13H16ClN3O3/c1-8(12(18)17-6-2-3-7-17)15-10-5-4-9(14)11(16-10)13(19)20/h4-5,8H,2-3,6-7H2,1H3,(H,15,16)(H,19,20). The van der Waals surface area contributed by atoms with Gasteiger partial charge in [0.15, 0.2) is 5.69 Å². The Hall–Kier alpha value is -1.82. The van der Waals surface area contributed by atoms with Crippen molar-refractivity contribution in [3.05, 3.63) is 22.8 Å². The highest BCUT2D eigenvalue weighted by Crippen LogP contribution is 2.18. The summed E-state index contributed by atoms with van der Waals surface area (Å²) in [4.78, 5) is 28.8. The maximum atomic E-state index is 12.1. The lowest BCUT2D eigenvalue weighted by atomic mass is 10.2. The van der Waals surface area contributed by atoms with E-state index in [1.54, 1.807) is 17.9 Å². The van der Waals surface area contributed by atoms with Crippen LogP contribution < -0.4 is 5.32 Å². The zero-order chi connectivity index (χ0) is 14.7. The SMILES string of the molecule is CC(Nc1ccc(Cl)c(C(=O)O)n1)C(=O)N1CCCC1. The minimum absolute atomic E-state index is 0.00359. The minimum atomic E-state index is -1.20. The Labute approximate surface area is 121 Å². The first-order valence-electron chi connectivity index (χ1n) is 6.44. The summed E-state index contributed by atoms with van der Waals surface area (Å²) in [6.07, 6.45) is 2.06. The van der Waals surface area contributed by atoms with Crippen molar-refractivity contribution in [1.29, 1.82) is 0 Å². The van der Waals surface area contributed by atoms with Crippen LogP contribution in [0.15, 0.2) is 12.1 Å². The molecule has 1 aromatic heterocycles. The molecule has 1 fully saturated rings. The molecule has 1 aromatic rings. The van der Waals surface area contributed by atoms with E-state index in [1.165, 1.54) is 6.07 Å². The molecule has 2 heterocycles. The van der Waals surface area contributed by atoms with Crippen molar-refractivity contribution in [2.24, 2.45) is 0 Å². The Morgan fingerprint density at radius 2 is 2.05 bits per heavy atom. The number of hydrogen-bond donors (Lipinski definition) is 2. The second-order valence-electron chi connectivity index (χ2n) is 4.73. The molecule has 1 atom stereocenters. The molecule has 20 heavy (non-hydrogen) atoms. The number of halogens is 1. The van der Waals surface area contributed by atoms with E-state index in [9.17, 15) is 9.59 Å². The number of aromatic carboxylic acids is 1. The first-order chi connectivity index (χ1) is 9.49. The molecule has 2 rings (SSSR count). The fourth-order valence-electron chi connectivity index (χ4n) is 2.17. The number of nitrogens with zero attached hydrogens (tertiary/aromatic N) is 2. The number of carboxylic acids is 1. The van der Waals surface area contributed by atoms with Crippen LogP contribution in [0.25, 0.3) is 0 Å². The van der Waals surface area contributed by atoms with E-state index in [4.69, 9.17) is 16.7 Å². The number of nitrogens with one attached hydrogen (secondary N) is 1. The molecule has 6 nitrogen and oxygen atoms in total. The predicted molar refractivity (Wildman–Crippen MR) is 75.1 cm³/mol. The molecule has 7 heteroatoms. The number of amides is 1. The van der Waals surface area contributed by atoms with Crippen LogP contribution in [0.2, 0.25) is 5.02 Å². The monoisotopic (exact) mass is 297 g/mol. The number of carboxylic acid groups (broad SMARTS) is 1. The van der Waals surface area contributed by atoms with Crippen molar-refractivity contribution in [2.75, 3.05) is 18.4 Å². The van der Waals surface area contributed by atoms with Crippen LogP contribution in [-0.2, 0) is 4.79 Å². The van der Waals surface area contributed by atoms with Crippen LogP contribution in [0.5, 0.6) is 0 Å². The number of pyridine rings is 1. The molecule has 0 radical (unpaired) electrons. The van der Waals surface area contributed by atoms with Crippen molar-refractivity contribution in [2.45, 2.75) is 25.8 Å². The molecule has 1 amide bonds. The van der Waals surface area contributed by atoms with E-state index in [-0.39, 0.29) is 16.6 Å². The summed E-state index contributed by atoms with van der Waals surface area (Å²) < 4.78 is 0. The molecule has 1 unspecified atom stereocenters. The van der Waals surface area contributed by atoms with Gasteiger partial charge in [-0.2, -0.15) is 0 Å². The number of aromatic nitrogens is 1. The van der Waals surface area contributed by atoms with Gasteiger partial charge in [-0.05, 0) is 31.9 Å². The zero-order valence-corrected chi connectivity index (χ0v) is 11.9. The molecular weight excluding hydrogens is 282 g/mol. The Kier molecular flexibility index (Phi) is 4.44. The lowest BCUT2D eigenvalue weighted by molar-refractivity contribution is -0.130. The predicted octanol–water partition coefficient (Wildman–Crippen LogP) is 1.86. The minimum Gasteiger partial charge on any atom is -0.476 e. The largest absolute Gasteiger partial charge is 0.476 e. The number of carbonyl (C=O) groups is 2. The Balaban J connectivity index is 2.07. The van der Waals surface area contributed by atoms with Gasteiger partial charge in [-0.3, -0.25) is 4.79 Å². The molecule has 1 aliphatic heterocycles. The Bertz CT molecular complexity index is 530. The van der Waals surface area contributed by atoms with E-state index < -0.39 is 12.0 Å². The lowest BCUT2D eigenvalue weighted by Crippen LogP contribution is -2.39. The molecule has 0 bridgehead atoms. The highest BCUT2D eigenvalue weighted by atomic mass is 35.5. The van der Waals surface area contributed by atoms with E-state index in [1.807, 2.05) is 0 Å². The van der Waals surface area contributed by atoms with Gasteiger partial charge in [-0.25, -0.2) is 9.78 Å². The third-order valence-electron chi connectivity index (χ3n) is 3.20. The van der Waals surface area contributed by atoms with E-state index in [0.717, 1.165) is 25.9 Å². The third-order valence-corrected chi connectivity index (χ3v) is 3.51. The van der Waals surface area contributed by atoms with Crippen LogP contribution in [-0.4, -0.2) is 46.0 Å². The van der Waals surface area contributed by atoms with Gasteiger partial charge in [0.1, 0.15) is 11.9 Å². The van der Waals surface area contributed by atoms with Gasteiger partial charge in [0.25, 0.3) is 0 Å². The summed E-state index contributed by atoms with van der Waals surface area (Å²) in [6.45, 7) is 3.29. The van der Waals surface area contributed by atoms with Gasteiger partial charge in [-0.15, -0.1) is 0 Å². The average molecular weight is 298 g/mol. The molecule has 1 saturated heterocycles. The van der Waals surface area contributed by atoms with Gasteiger partial charge in [0.05, 0.1) is 5.02 Å². The molecule has 0 spiro atoms. The van der Waals surface area contributed by atoms with Crippen LogP contribution in [0.1, 0.15) is 30.3 Å². The maximum Gasteiger partial charge on any atom is 0.356 e. The van der Waals surface area contributed by atoms with Crippen molar-refractivity contribution in [3.63, 3.8) is 0 Å². The smallest absolute Gasteiger partial charge is 0.356 e. The quantitative estimate of drug-likeness (QED) is 0.886. The van der Waals surface area contributed by atoms with E-state index in [2.05, 4.69) is 10.3 Å². The molecule has 0 saturated carbocycles. The Morgan fingerprint density at radius 1 is 1.40 bits per heavy atom. The topological polar surface area (TPSA) is 82.5 Å². The lowest BCUT2D eigenvalue weighted by Gasteiger charge is -2.21. The summed E-state index contributed by atoms with van der Waals surface area (Å²) in [6, 6.07) is 2.55. The second-order valence-corrected chi connectivity index (χ2v) is 5.14. The summed E-state index contributed by atoms with van der Waals surface area (Å²) in [5.41, 5.74) is -0.225. The van der Waals surface area contributed by atoms with E-state index >= 15 is 0 Å². The van der Waals surface area contributed by atoms with Crippen molar-refractivity contribution in [3.8, 4) is 0 Å². The summed E-state index contributed by atoms with van der Waals surface area (Å²) in [7, 11) is 0. The maximum absolute atomic E-state index is 12.1. The zero-order valence-electron chi connectivity index (χ0n) is 11.1. The number of carbonyl (C=O) groups excluding carboxylic acids is 1. The fourth-order valence-corrected chi connectivity index (χ4v) is 2.35. The third kappa shape index (κ3) is 3.19. The molecule has 0 aliphatic carbocycles. The molecule has 0 aromatic carbocycles. The van der Waals surface area contributed by atoms with Gasteiger partial charge in [-0.1, -0.05) is 11.6 Å².